The lowest BCUT2D eigenvalue weighted by atomic mass is 10.2. The van der Waals surface area contributed by atoms with Gasteiger partial charge in [0.05, 0.1) is 10.7 Å². The lowest BCUT2D eigenvalue weighted by molar-refractivity contribution is -0.121. The first kappa shape index (κ1) is 13.6. The molecule has 0 aliphatic rings. The molecule has 92 valence electrons. The van der Waals surface area contributed by atoms with Crippen molar-refractivity contribution in [2.45, 2.75) is 19.8 Å². The van der Waals surface area contributed by atoms with Gasteiger partial charge in [-0.2, -0.15) is 0 Å². The van der Waals surface area contributed by atoms with Gasteiger partial charge in [0.1, 0.15) is 11.6 Å². The van der Waals surface area contributed by atoms with Crippen LogP contribution in [0.25, 0.3) is 0 Å². The van der Waals surface area contributed by atoms with Gasteiger partial charge < -0.3 is 10.1 Å². The van der Waals surface area contributed by atoms with E-state index in [1.807, 2.05) is 0 Å². The molecule has 0 aliphatic heterocycles. The van der Waals surface area contributed by atoms with E-state index in [1.165, 1.54) is 6.92 Å². The fourth-order valence-corrected chi connectivity index (χ4v) is 1.39. The molecule has 17 heavy (non-hydrogen) atoms. The van der Waals surface area contributed by atoms with Crippen LogP contribution < -0.4 is 5.32 Å². The Morgan fingerprint density at radius 3 is 2.47 bits per heavy atom. The van der Waals surface area contributed by atoms with Crippen LogP contribution in [0.2, 0.25) is 5.02 Å². The summed E-state index contributed by atoms with van der Waals surface area (Å²) in [6.07, 6.45) is -0.00521. The standard InChI is InChI=1S/C11H10ClF2NO2/c1-6(16)2-3-10(17)15-11-8(12)4-7(13)5-9(11)14/h4-5H,2-3H2,1H3,(H,15,17). The van der Waals surface area contributed by atoms with Gasteiger partial charge in [0.2, 0.25) is 5.91 Å². The number of rotatable bonds is 4. The average Bonchev–Trinajstić information content (AvgIpc) is 2.20. The fraction of sp³-hybridized carbons (Fsp3) is 0.273. The van der Waals surface area contributed by atoms with E-state index in [1.54, 1.807) is 0 Å². The van der Waals surface area contributed by atoms with Crippen molar-refractivity contribution in [3.05, 3.63) is 28.8 Å². The van der Waals surface area contributed by atoms with Crippen LogP contribution in [0.15, 0.2) is 12.1 Å². The van der Waals surface area contributed by atoms with Crippen LogP contribution >= 0.6 is 11.6 Å². The van der Waals surface area contributed by atoms with Gasteiger partial charge in [-0.1, -0.05) is 11.6 Å². The van der Waals surface area contributed by atoms with E-state index in [0.29, 0.717) is 6.07 Å². The van der Waals surface area contributed by atoms with Crippen molar-refractivity contribution < 1.29 is 18.4 Å². The number of anilines is 1. The molecule has 1 rings (SSSR count). The summed E-state index contributed by atoms with van der Waals surface area (Å²) in [7, 11) is 0. The molecule has 0 saturated heterocycles. The predicted molar refractivity (Wildman–Crippen MR) is 59.9 cm³/mol. The van der Waals surface area contributed by atoms with Crippen LogP contribution in [0.1, 0.15) is 19.8 Å². The van der Waals surface area contributed by atoms with E-state index in [2.05, 4.69) is 5.32 Å². The maximum atomic E-state index is 13.3. The minimum atomic E-state index is -0.953. The molecule has 0 bridgehead atoms. The number of nitrogens with one attached hydrogen (secondary N) is 1. The lowest BCUT2D eigenvalue weighted by Crippen LogP contribution is -2.14. The van der Waals surface area contributed by atoms with Gasteiger partial charge >= 0.3 is 0 Å². The van der Waals surface area contributed by atoms with Crippen LogP contribution in [-0.2, 0) is 9.59 Å². The van der Waals surface area contributed by atoms with Gasteiger partial charge in [-0.15, -0.1) is 0 Å². The minimum absolute atomic E-state index is 0.0618. The molecule has 0 heterocycles. The molecule has 1 aromatic rings. The summed E-state index contributed by atoms with van der Waals surface area (Å²) in [4.78, 5) is 22.0. The third-order valence-electron chi connectivity index (χ3n) is 1.98. The highest BCUT2D eigenvalue weighted by Gasteiger charge is 2.13. The van der Waals surface area contributed by atoms with Crippen molar-refractivity contribution in [2.75, 3.05) is 5.32 Å². The Morgan fingerprint density at radius 1 is 1.29 bits per heavy atom. The van der Waals surface area contributed by atoms with Gasteiger partial charge in [-0.3, -0.25) is 4.79 Å². The molecule has 0 aromatic heterocycles. The number of carbonyl (C=O) groups excluding carboxylic acids is 2. The van der Waals surface area contributed by atoms with Crippen LogP contribution in [0.4, 0.5) is 14.5 Å². The first-order chi connectivity index (χ1) is 7.90. The van der Waals surface area contributed by atoms with E-state index in [9.17, 15) is 18.4 Å². The van der Waals surface area contributed by atoms with Crippen molar-refractivity contribution in [1.29, 1.82) is 0 Å². The van der Waals surface area contributed by atoms with Gasteiger partial charge in [-0.05, 0) is 13.0 Å². The number of hydrogen-bond acceptors (Lipinski definition) is 2. The highest BCUT2D eigenvalue weighted by Crippen LogP contribution is 2.26. The Hall–Kier alpha value is -1.49. The second kappa shape index (κ2) is 5.72. The molecule has 6 heteroatoms. The quantitative estimate of drug-likeness (QED) is 0.906. The largest absolute Gasteiger partial charge is 0.322 e. The molecule has 0 unspecified atom stereocenters. The number of carbonyl (C=O) groups is 2. The van der Waals surface area contributed by atoms with Crippen molar-refractivity contribution in [3.8, 4) is 0 Å². The highest BCUT2D eigenvalue weighted by molar-refractivity contribution is 6.33. The number of hydrogen-bond donors (Lipinski definition) is 1. The van der Waals surface area contributed by atoms with E-state index >= 15 is 0 Å². The Labute approximate surface area is 102 Å². The number of Topliss-reactive ketones (excluding diaryl/α,β-unsaturated/α-hetero) is 1. The van der Waals surface area contributed by atoms with Crippen molar-refractivity contribution >= 4 is 29.0 Å². The van der Waals surface area contributed by atoms with E-state index in [-0.39, 0.29) is 29.3 Å². The SMILES string of the molecule is CC(=O)CCC(=O)Nc1c(F)cc(F)cc1Cl. The van der Waals surface area contributed by atoms with Crippen LogP contribution in [0.5, 0.6) is 0 Å². The monoisotopic (exact) mass is 261 g/mol. The maximum absolute atomic E-state index is 13.3. The molecule has 0 spiro atoms. The second-order valence-corrected chi connectivity index (χ2v) is 3.90. The smallest absolute Gasteiger partial charge is 0.224 e. The van der Waals surface area contributed by atoms with Gasteiger partial charge in [0.25, 0.3) is 0 Å². The topological polar surface area (TPSA) is 46.2 Å². The van der Waals surface area contributed by atoms with Crippen LogP contribution in [-0.4, -0.2) is 11.7 Å². The molecule has 1 amide bonds. The molecule has 0 radical (unpaired) electrons. The van der Waals surface area contributed by atoms with E-state index < -0.39 is 17.5 Å². The van der Waals surface area contributed by atoms with Crippen molar-refractivity contribution in [2.24, 2.45) is 0 Å². The zero-order valence-corrected chi connectivity index (χ0v) is 9.78. The maximum Gasteiger partial charge on any atom is 0.224 e. The summed E-state index contributed by atoms with van der Waals surface area (Å²) in [6, 6.07) is 1.51. The first-order valence-electron chi connectivity index (χ1n) is 4.84. The van der Waals surface area contributed by atoms with Crippen molar-refractivity contribution in [3.63, 3.8) is 0 Å². The third-order valence-corrected chi connectivity index (χ3v) is 2.27. The molecular weight excluding hydrogens is 252 g/mol. The van der Waals surface area contributed by atoms with E-state index in [0.717, 1.165) is 6.07 Å². The predicted octanol–water partition coefficient (Wildman–Crippen LogP) is 2.93. The number of halogens is 3. The summed E-state index contributed by atoms with van der Waals surface area (Å²) in [5.41, 5.74) is -0.276. The Balaban J connectivity index is 2.75. The van der Waals surface area contributed by atoms with E-state index in [4.69, 9.17) is 11.6 Å². The summed E-state index contributed by atoms with van der Waals surface area (Å²) in [5.74, 6) is -2.47. The number of amides is 1. The molecule has 0 saturated carbocycles. The third kappa shape index (κ3) is 4.11. The normalized spacial score (nSPS) is 10.1. The van der Waals surface area contributed by atoms with Crippen LogP contribution in [0, 0.1) is 11.6 Å². The summed E-state index contributed by atoms with van der Waals surface area (Å²) in [6.45, 7) is 1.35. The number of benzene rings is 1. The highest BCUT2D eigenvalue weighted by atomic mass is 35.5. The van der Waals surface area contributed by atoms with Gasteiger partial charge in [-0.25, -0.2) is 8.78 Å². The van der Waals surface area contributed by atoms with Crippen molar-refractivity contribution in [1.82, 2.24) is 0 Å². The Bertz CT molecular complexity index is 440. The van der Waals surface area contributed by atoms with Gasteiger partial charge in [0, 0.05) is 18.9 Å². The summed E-state index contributed by atoms with van der Waals surface area (Å²) >= 11 is 5.58. The fourth-order valence-electron chi connectivity index (χ4n) is 1.15. The summed E-state index contributed by atoms with van der Waals surface area (Å²) < 4.78 is 26.0. The zero-order chi connectivity index (χ0) is 13.0. The molecule has 0 aliphatic carbocycles. The molecule has 1 aromatic carbocycles. The molecule has 0 fully saturated rings. The second-order valence-electron chi connectivity index (χ2n) is 3.49. The Morgan fingerprint density at radius 2 is 1.94 bits per heavy atom. The molecular formula is C11H10ClF2NO2. The summed E-state index contributed by atoms with van der Waals surface area (Å²) in [5, 5.41) is 1.97. The first-order valence-corrected chi connectivity index (χ1v) is 5.21. The van der Waals surface area contributed by atoms with Crippen LogP contribution in [0.3, 0.4) is 0 Å². The van der Waals surface area contributed by atoms with Gasteiger partial charge in [0.15, 0.2) is 5.82 Å². The molecule has 3 nitrogen and oxygen atoms in total. The number of ketones is 1. The average molecular weight is 262 g/mol. The molecule has 0 atom stereocenters. The zero-order valence-electron chi connectivity index (χ0n) is 9.02. The lowest BCUT2D eigenvalue weighted by Gasteiger charge is -2.08. The Kier molecular flexibility index (Phi) is 4.57. The minimum Gasteiger partial charge on any atom is -0.322 e. The molecule has 1 N–H and O–H groups in total.